The number of nitrogens with one attached hydrogen (secondary N) is 2. The van der Waals surface area contributed by atoms with E-state index in [9.17, 15) is 5.26 Å². The summed E-state index contributed by atoms with van der Waals surface area (Å²) in [4.78, 5) is 9.49. The number of piperidine rings is 1. The molecular formula is C26H32N6. The van der Waals surface area contributed by atoms with E-state index < -0.39 is 0 Å². The zero-order chi connectivity index (χ0) is 22.2. The van der Waals surface area contributed by atoms with Crippen LogP contribution in [0.15, 0.2) is 65.7 Å². The largest absolute Gasteiger partial charge is 0.368 e. The van der Waals surface area contributed by atoms with Gasteiger partial charge in [0.2, 0.25) is 0 Å². The molecule has 2 heterocycles. The smallest absolute Gasteiger partial charge is 0.191 e. The second kappa shape index (κ2) is 10.7. The molecule has 0 saturated carbocycles. The summed E-state index contributed by atoms with van der Waals surface area (Å²) in [5.74, 6) is 0.848. The molecule has 1 atom stereocenters. The van der Waals surface area contributed by atoms with Crippen molar-refractivity contribution >= 4 is 17.3 Å². The minimum atomic E-state index is 0.290. The molecule has 2 N–H and O–H groups in total. The molecule has 6 nitrogen and oxygen atoms in total. The highest BCUT2D eigenvalue weighted by Gasteiger charge is 2.22. The van der Waals surface area contributed by atoms with Crippen molar-refractivity contribution < 1.29 is 0 Å². The fraction of sp³-hybridized carbons (Fsp3) is 0.385. The molecule has 0 bridgehead atoms. The van der Waals surface area contributed by atoms with E-state index in [1.165, 1.54) is 11.3 Å². The van der Waals surface area contributed by atoms with Crippen molar-refractivity contribution in [2.75, 3.05) is 42.5 Å². The summed E-state index contributed by atoms with van der Waals surface area (Å²) in [7, 11) is 0. The van der Waals surface area contributed by atoms with Gasteiger partial charge < -0.3 is 20.4 Å². The topological polar surface area (TPSA) is 66.7 Å². The van der Waals surface area contributed by atoms with Gasteiger partial charge in [0.1, 0.15) is 6.07 Å². The normalized spacial score (nSPS) is 18.5. The number of guanidine groups is 1. The van der Waals surface area contributed by atoms with E-state index in [1.54, 1.807) is 0 Å². The number of rotatable bonds is 6. The van der Waals surface area contributed by atoms with Crippen molar-refractivity contribution in [1.29, 1.82) is 5.26 Å². The average molecular weight is 429 g/mol. The lowest BCUT2D eigenvalue weighted by molar-refractivity contribution is 0.468. The van der Waals surface area contributed by atoms with Gasteiger partial charge in [-0.2, -0.15) is 5.26 Å². The molecule has 6 heteroatoms. The van der Waals surface area contributed by atoms with Gasteiger partial charge in [0.25, 0.3) is 0 Å². The fourth-order valence-corrected chi connectivity index (χ4v) is 4.34. The third-order valence-corrected chi connectivity index (χ3v) is 6.01. The second-order valence-electron chi connectivity index (χ2n) is 8.30. The summed E-state index contributed by atoms with van der Waals surface area (Å²) < 4.78 is 0. The van der Waals surface area contributed by atoms with E-state index in [0.717, 1.165) is 62.8 Å². The Morgan fingerprint density at radius 3 is 2.62 bits per heavy atom. The highest BCUT2D eigenvalue weighted by Crippen LogP contribution is 2.23. The Labute approximate surface area is 191 Å². The molecule has 0 aliphatic carbocycles. The second-order valence-corrected chi connectivity index (χ2v) is 8.30. The lowest BCUT2D eigenvalue weighted by Gasteiger charge is -2.35. The number of anilines is 2. The Morgan fingerprint density at radius 1 is 1.09 bits per heavy atom. The van der Waals surface area contributed by atoms with Crippen LogP contribution in [0.3, 0.4) is 0 Å². The third kappa shape index (κ3) is 5.42. The van der Waals surface area contributed by atoms with Gasteiger partial charge in [0, 0.05) is 44.5 Å². The Morgan fingerprint density at radius 2 is 1.88 bits per heavy atom. The molecule has 1 unspecified atom stereocenters. The van der Waals surface area contributed by atoms with E-state index >= 15 is 0 Å². The molecule has 1 saturated heterocycles. The first-order chi connectivity index (χ1) is 15.8. The predicted molar refractivity (Wildman–Crippen MR) is 132 cm³/mol. The monoisotopic (exact) mass is 428 g/mol. The van der Waals surface area contributed by atoms with Crippen LogP contribution in [0.1, 0.15) is 30.9 Å². The molecule has 32 heavy (non-hydrogen) atoms. The van der Waals surface area contributed by atoms with Crippen molar-refractivity contribution in [1.82, 2.24) is 10.6 Å². The first-order valence-electron chi connectivity index (χ1n) is 11.5. The van der Waals surface area contributed by atoms with Crippen LogP contribution < -0.4 is 20.4 Å². The van der Waals surface area contributed by atoms with Crippen LogP contribution >= 0.6 is 0 Å². The number of para-hydroxylation sites is 1. The van der Waals surface area contributed by atoms with E-state index in [1.807, 2.05) is 24.3 Å². The molecule has 1 fully saturated rings. The van der Waals surface area contributed by atoms with Crippen molar-refractivity contribution in [2.45, 2.75) is 32.4 Å². The maximum atomic E-state index is 9.46. The molecule has 4 rings (SSSR count). The van der Waals surface area contributed by atoms with Crippen molar-refractivity contribution in [3.8, 4) is 6.07 Å². The fourth-order valence-electron chi connectivity index (χ4n) is 4.34. The number of hydrogen-bond donors (Lipinski definition) is 2. The molecule has 2 aromatic rings. The Kier molecular flexibility index (Phi) is 7.29. The van der Waals surface area contributed by atoms with Crippen LogP contribution in [0, 0.1) is 11.3 Å². The summed E-state index contributed by atoms with van der Waals surface area (Å²) in [5.41, 5.74) is 4.22. The summed E-state index contributed by atoms with van der Waals surface area (Å²) in [6.07, 6.45) is 6.59. The van der Waals surface area contributed by atoms with Gasteiger partial charge in [-0.15, -0.1) is 0 Å². The highest BCUT2D eigenvalue weighted by atomic mass is 15.2. The standard InChI is InChI=1S/C26H32N6/c1-2-28-26(29-19-21-11-13-24(14-12-21)31-15-5-6-16-31)30-23-9-7-17-32(20-23)25-10-4-3-8-22(25)18-27/h3-6,8,10-14,23H,2,7,9,15-17,19-20H2,1H3,(H2,28,29,30). The molecule has 2 aliphatic rings. The van der Waals surface area contributed by atoms with Crippen LogP contribution in [0.2, 0.25) is 0 Å². The molecule has 0 radical (unpaired) electrons. The van der Waals surface area contributed by atoms with Gasteiger partial charge in [0.15, 0.2) is 5.96 Å². The maximum Gasteiger partial charge on any atom is 0.191 e. The molecule has 0 aromatic heterocycles. The third-order valence-electron chi connectivity index (χ3n) is 6.01. The molecule has 0 amide bonds. The molecule has 2 aliphatic heterocycles. The van der Waals surface area contributed by atoms with Gasteiger partial charge in [-0.25, -0.2) is 4.99 Å². The maximum absolute atomic E-state index is 9.46. The van der Waals surface area contributed by atoms with Crippen LogP contribution in [-0.2, 0) is 6.54 Å². The minimum Gasteiger partial charge on any atom is -0.368 e. The van der Waals surface area contributed by atoms with Crippen LogP contribution in [0.5, 0.6) is 0 Å². The van der Waals surface area contributed by atoms with Crippen molar-refractivity contribution in [3.63, 3.8) is 0 Å². The van der Waals surface area contributed by atoms with Gasteiger partial charge >= 0.3 is 0 Å². The number of aliphatic imine (C=N–C) groups is 1. The van der Waals surface area contributed by atoms with Crippen molar-refractivity contribution in [3.05, 3.63) is 71.8 Å². The van der Waals surface area contributed by atoms with Crippen LogP contribution in [0.25, 0.3) is 0 Å². The Hall–Kier alpha value is -3.46. The van der Waals surface area contributed by atoms with E-state index in [2.05, 4.69) is 69.8 Å². The van der Waals surface area contributed by atoms with Gasteiger partial charge in [-0.1, -0.05) is 36.4 Å². The van der Waals surface area contributed by atoms with E-state index in [4.69, 9.17) is 4.99 Å². The van der Waals surface area contributed by atoms with Crippen LogP contribution in [-0.4, -0.2) is 44.7 Å². The lowest BCUT2D eigenvalue weighted by Crippen LogP contribution is -2.51. The number of nitriles is 1. The molecule has 166 valence electrons. The van der Waals surface area contributed by atoms with Gasteiger partial charge in [-0.05, 0) is 49.6 Å². The minimum absolute atomic E-state index is 0.290. The number of nitrogens with zero attached hydrogens (tertiary/aromatic N) is 4. The molecule has 0 spiro atoms. The zero-order valence-corrected chi connectivity index (χ0v) is 18.8. The van der Waals surface area contributed by atoms with E-state index in [-0.39, 0.29) is 0 Å². The SMILES string of the molecule is CCNC(=NCc1ccc(N2CC=CC2)cc1)NC1CCCN(c2ccccc2C#N)C1. The predicted octanol–water partition coefficient (Wildman–Crippen LogP) is 3.66. The van der Waals surface area contributed by atoms with Gasteiger partial charge in [0.05, 0.1) is 17.8 Å². The summed E-state index contributed by atoms with van der Waals surface area (Å²) in [6.45, 7) is 7.37. The highest BCUT2D eigenvalue weighted by molar-refractivity contribution is 5.80. The van der Waals surface area contributed by atoms with Crippen LogP contribution in [0.4, 0.5) is 11.4 Å². The van der Waals surface area contributed by atoms with E-state index in [0.29, 0.717) is 12.6 Å². The summed E-state index contributed by atoms with van der Waals surface area (Å²) in [6, 6.07) is 19.2. The molecule has 2 aromatic carbocycles. The Balaban J connectivity index is 1.38. The summed E-state index contributed by atoms with van der Waals surface area (Å²) in [5, 5.41) is 16.5. The average Bonchev–Trinajstić information content (AvgIpc) is 3.38. The summed E-state index contributed by atoms with van der Waals surface area (Å²) >= 11 is 0. The zero-order valence-electron chi connectivity index (χ0n) is 18.8. The number of benzene rings is 2. The van der Waals surface area contributed by atoms with Crippen molar-refractivity contribution in [2.24, 2.45) is 4.99 Å². The quantitative estimate of drug-likeness (QED) is 0.418. The first kappa shape index (κ1) is 21.8. The lowest BCUT2D eigenvalue weighted by atomic mass is 10.0. The molecular weight excluding hydrogens is 396 g/mol. The Bertz CT molecular complexity index is 980. The van der Waals surface area contributed by atoms with Gasteiger partial charge in [-0.3, -0.25) is 0 Å². The number of hydrogen-bond acceptors (Lipinski definition) is 4. The first-order valence-corrected chi connectivity index (χ1v) is 11.5.